The van der Waals surface area contributed by atoms with Gasteiger partial charge in [-0.05, 0) is 106 Å². The van der Waals surface area contributed by atoms with Crippen molar-refractivity contribution in [2.45, 2.75) is 88.8 Å². The summed E-state index contributed by atoms with van der Waals surface area (Å²) in [7, 11) is 0. The molecule has 11 heteroatoms. The maximum absolute atomic E-state index is 12.6. The molecule has 0 saturated carbocycles. The fourth-order valence-electron chi connectivity index (χ4n) is 6.94. The van der Waals surface area contributed by atoms with Crippen LogP contribution in [0, 0.1) is 12.8 Å². The second-order valence-electron chi connectivity index (χ2n) is 12.2. The van der Waals surface area contributed by atoms with Gasteiger partial charge >= 0.3 is 11.9 Å². The number of hydrogen-bond acceptors (Lipinski definition) is 5. The number of aliphatic carboxylic acids is 2. The molecule has 6 N–H and O–H groups in total. The van der Waals surface area contributed by atoms with Gasteiger partial charge in [-0.2, -0.15) is 0 Å². The molecule has 44 heavy (non-hydrogen) atoms. The van der Waals surface area contributed by atoms with Crippen LogP contribution >= 0.6 is 0 Å². The summed E-state index contributed by atoms with van der Waals surface area (Å²) in [6.07, 6.45) is 6.63. The molecule has 5 rings (SSSR count). The highest BCUT2D eigenvalue weighted by Gasteiger charge is 2.75. The molecule has 0 aromatic carbocycles. The SMILES string of the molecule is C=CC1=C(C)[C@@H](CC2N/C(=C\c3[nH]c(/C=C4\NC(=O)[C@H](C)[C@]45[SH+][C@H]5C)c(C)c3CCC(=O)O)C(CCC(=O)O)=C2C)NC1=O. The Hall–Kier alpha value is -3.99. The van der Waals surface area contributed by atoms with Gasteiger partial charge in [0.2, 0.25) is 10.7 Å². The molecule has 2 fully saturated rings. The second-order valence-corrected chi connectivity index (χ2v) is 14.0. The Bertz CT molecular complexity index is 1600. The largest absolute Gasteiger partial charge is 0.481 e. The van der Waals surface area contributed by atoms with Crippen LogP contribution in [-0.2, 0) is 37.4 Å². The van der Waals surface area contributed by atoms with Gasteiger partial charge < -0.3 is 31.1 Å². The van der Waals surface area contributed by atoms with Gasteiger partial charge in [-0.1, -0.05) is 12.7 Å². The third kappa shape index (κ3) is 5.53. The predicted molar refractivity (Wildman–Crippen MR) is 172 cm³/mol. The molecule has 2 amide bonds. The van der Waals surface area contributed by atoms with Gasteiger partial charge in [-0.3, -0.25) is 19.2 Å². The van der Waals surface area contributed by atoms with Crippen LogP contribution in [0.15, 0.2) is 46.3 Å². The zero-order valence-electron chi connectivity index (χ0n) is 25.8. The van der Waals surface area contributed by atoms with Crippen molar-refractivity contribution in [1.82, 2.24) is 20.9 Å². The van der Waals surface area contributed by atoms with E-state index in [4.69, 9.17) is 0 Å². The lowest BCUT2D eigenvalue weighted by Crippen LogP contribution is -2.36. The summed E-state index contributed by atoms with van der Waals surface area (Å²) < 4.78 is -0.216. The standard InChI is InChI=1S/C33H40N4O6S/c1-7-20-15(2)24(36-32(20)43)12-23-16(3)21(8-10-29(38)39)26(34-23)13-27-22(9-11-30(40)41)17(4)25(35-27)14-28-33(19(6)44-33)18(5)31(42)37-28/h7,13-14,18-19,23-24,34-35H,1,8-12H2,2-6H3,(H,36,43)(H,37,42)(H,38,39)(H,40,41)/p+1/b26-13-,28-14-/t18-,19-,23?,24+,33+/m0/s1. The summed E-state index contributed by atoms with van der Waals surface area (Å²) in [5, 5.41) is 29.0. The van der Waals surface area contributed by atoms with Crippen LogP contribution in [-0.4, -0.2) is 61.0 Å². The summed E-state index contributed by atoms with van der Waals surface area (Å²) in [5.41, 5.74) is 8.39. The molecule has 10 nitrogen and oxygen atoms in total. The summed E-state index contributed by atoms with van der Waals surface area (Å²) in [4.78, 5) is 51.7. The number of H-pyrrole nitrogens is 1. The maximum atomic E-state index is 12.6. The summed E-state index contributed by atoms with van der Waals surface area (Å²) in [5.74, 6) is -2.05. The minimum absolute atomic E-state index is 0.0133. The number of allylic oxidation sites excluding steroid dienone is 1. The van der Waals surface area contributed by atoms with E-state index in [1.54, 1.807) is 6.08 Å². The smallest absolute Gasteiger partial charge is 0.303 e. The number of aromatic nitrogens is 1. The number of nitrogens with one attached hydrogen (secondary N) is 4. The highest BCUT2D eigenvalue weighted by atomic mass is 32.2. The van der Waals surface area contributed by atoms with Crippen LogP contribution in [0.3, 0.4) is 0 Å². The predicted octanol–water partition coefficient (Wildman–Crippen LogP) is 3.29. The van der Waals surface area contributed by atoms with Crippen LogP contribution in [0.1, 0.15) is 75.9 Å². The van der Waals surface area contributed by atoms with E-state index in [0.717, 1.165) is 50.6 Å². The monoisotopic (exact) mass is 621 g/mol. The molecule has 1 spiro atoms. The Morgan fingerprint density at radius 1 is 0.955 bits per heavy atom. The minimum atomic E-state index is -0.900. The van der Waals surface area contributed by atoms with Crippen LogP contribution in [0.5, 0.6) is 0 Å². The quantitative estimate of drug-likeness (QED) is 0.126. The lowest BCUT2D eigenvalue weighted by Gasteiger charge is -2.20. The first-order valence-electron chi connectivity index (χ1n) is 15.0. The lowest BCUT2D eigenvalue weighted by atomic mass is 9.91. The zero-order valence-corrected chi connectivity index (χ0v) is 26.7. The summed E-state index contributed by atoms with van der Waals surface area (Å²) in [6, 6.07) is -0.319. The van der Waals surface area contributed by atoms with Crippen molar-refractivity contribution in [2.75, 3.05) is 0 Å². The number of rotatable bonds is 11. The van der Waals surface area contributed by atoms with Gasteiger partial charge in [-0.15, -0.1) is 0 Å². The van der Waals surface area contributed by atoms with Crippen molar-refractivity contribution >= 4 is 47.7 Å². The number of carboxylic acids is 2. The van der Waals surface area contributed by atoms with E-state index in [0.29, 0.717) is 30.1 Å². The van der Waals surface area contributed by atoms with Crippen LogP contribution in [0.4, 0.5) is 0 Å². The zero-order chi connectivity index (χ0) is 32.1. The van der Waals surface area contributed by atoms with E-state index in [-0.39, 0.29) is 47.4 Å². The number of amides is 2. The van der Waals surface area contributed by atoms with Gasteiger partial charge in [0.15, 0.2) is 5.25 Å². The normalized spacial score (nSPS) is 29.6. The van der Waals surface area contributed by atoms with Gasteiger partial charge in [-0.25, -0.2) is 0 Å². The molecule has 1 aromatic heterocycles. The van der Waals surface area contributed by atoms with Crippen LogP contribution in [0.25, 0.3) is 12.2 Å². The van der Waals surface area contributed by atoms with E-state index >= 15 is 0 Å². The number of carbonyl (C=O) groups is 4. The van der Waals surface area contributed by atoms with E-state index in [9.17, 15) is 29.4 Å². The maximum Gasteiger partial charge on any atom is 0.303 e. The molecule has 234 valence electrons. The molecule has 5 atom stereocenters. The van der Waals surface area contributed by atoms with Crippen molar-refractivity contribution in [2.24, 2.45) is 5.92 Å². The molecule has 0 bridgehead atoms. The number of carboxylic acid groups (broad SMARTS) is 2. The van der Waals surface area contributed by atoms with E-state index in [1.807, 2.05) is 39.8 Å². The van der Waals surface area contributed by atoms with Crippen molar-refractivity contribution < 1.29 is 29.4 Å². The molecule has 4 aliphatic rings. The van der Waals surface area contributed by atoms with Crippen molar-refractivity contribution in [1.29, 1.82) is 0 Å². The molecule has 2 saturated heterocycles. The molecule has 0 radical (unpaired) electrons. The van der Waals surface area contributed by atoms with E-state index in [1.165, 1.54) is 11.8 Å². The molecule has 4 aliphatic heterocycles. The average Bonchev–Trinajstić information content (AvgIpc) is 3.13. The average molecular weight is 622 g/mol. The lowest BCUT2D eigenvalue weighted by molar-refractivity contribution is -0.138. The van der Waals surface area contributed by atoms with Gasteiger partial charge in [0.1, 0.15) is 0 Å². The molecule has 5 heterocycles. The first-order chi connectivity index (χ1) is 20.8. The van der Waals surface area contributed by atoms with Gasteiger partial charge in [0.05, 0.1) is 17.7 Å². The third-order valence-corrected chi connectivity index (χ3v) is 11.7. The Kier molecular flexibility index (Phi) is 8.45. The number of aromatic amines is 1. The molecule has 0 aliphatic carbocycles. The fourth-order valence-corrected chi connectivity index (χ4v) is 8.47. The van der Waals surface area contributed by atoms with Gasteiger partial charge in [0.25, 0.3) is 5.91 Å². The van der Waals surface area contributed by atoms with Gasteiger partial charge in [0, 0.05) is 41.5 Å². The Labute approximate surface area is 261 Å². The molecular formula is C33H41N4O6S+. The van der Waals surface area contributed by atoms with Crippen molar-refractivity contribution in [3.8, 4) is 0 Å². The van der Waals surface area contributed by atoms with E-state index in [2.05, 4.69) is 34.4 Å². The topological polar surface area (TPSA) is 161 Å². The third-order valence-electron chi connectivity index (χ3n) is 9.75. The second kappa shape index (κ2) is 11.8. The van der Waals surface area contributed by atoms with Crippen molar-refractivity contribution in [3.63, 3.8) is 0 Å². The fraction of sp³-hybridized carbons (Fsp3) is 0.455. The van der Waals surface area contributed by atoms with Crippen LogP contribution < -0.4 is 16.0 Å². The molecule has 1 unspecified atom stereocenters. The summed E-state index contributed by atoms with van der Waals surface area (Å²) >= 11 is 1.21. The molecular weight excluding hydrogens is 580 g/mol. The number of carbonyl (C=O) groups excluding carboxylic acids is 2. The first kappa shape index (κ1) is 31.4. The highest BCUT2D eigenvalue weighted by molar-refractivity contribution is 7.89. The first-order valence-corrected chi connectivity index (χ1v) is 16.0. The van der Waals surface area contributed by atoms with E-state index < -0.39 is 11.9 Å². The number of thiol groups is 1. The van der Waals surface area contributed by atoms with Crippen LogP contribution in [0.2, 0.25) is 0 Å². The van der Waals surface area contributed by atoms with Crippen molar-refractivity contribution in [3.05, 3.63) is 68.9 Å². The Morgan fingerprint density at radius 2 is 1.59 bits per heavy atom. The Morgan fingerprint density at radius 3 is 2.18 bits per heavy atom. The minimum Gasteiger partial charge on any atom is -0.481 e. The highest BCUT2D eigenvalue weighted by Crippen LogP contribution is 2.52. The Balaban J connectivity index is 1.52. The number of hydrogen-bond donors (Lipinski definition) is 6. The summed E-state index contributed by atoms with van der Waals surface area (Å²) in [6.45, 7) is 13.7. The molecule has 1 aromatic rings.